The highest BCUT2D eigenvalue weighted by Crippen LogP contribution is 2.14. The van der Waals surface area contributed by atoms with Crippen LogP contribution in [0.25, 0.3) is 0 Å². The Hall–Kier alpha value is -1.58. The average Bonchev–Trinajstić information content (AvgIpc) is 2.11. The lowest BCUT2D eigenvalue weighted by Gasteiger charge is -2.12. The lowest BCUT2D eigenvalue weighted by atomic mass is 9.96. The van der Waals surface area contributed by atoms with Crippen molar-refractivity contribution in [3.05, 3.63) is 29.4 Å². The van der Waals surface area contributed by atoms with Gasteiger partial charge in [-0.3, -0.25) is 4.79 Å². The highest BCUT2D eigenvalue weighted by molar-refractivity contribution is 5.82. The maximum atomic E-state index is 11.6. The fraction of sp³-hybridized carbons (Fsp3) is 0.455. The second kappa shape index (κ2) is 3.88. The van der Waals surface area contributed by atoms with Crippen molar-refractivity contribution in [2.45, 2.75) is 27.7 Å². The summed E-state index contributed by atoms with van der Waals surface area (Å²) in [5.74, 6) is -0.254. The molecule has 1 heterocycles. The molecule has 0 bridgehead atoms. The van der Waals surface area contributed by atoms with E-state index < -0.39 is 5.41 Å². The Morgan fingerprint density at radius 2 is 2.00 bits per heavy atom. The fourth-order valence-corrected chi connectivity index (χ4v) is 0.952. The second-order valence-corrected chi connectivity index (χ2v) is 4.50. The molecule has 1 aromatic rings. The first kappa shape index (κ1) is 11.5. The maximum absolute atomic E-state index is 11.6. The summed E-state index contributed by atoms with van der Waals surface area (Å²) in [6.07, 6.45) is 0. The van der Waals surface area contributed by atoms with Gasteiger partial charge < -0.3 is 5.21 Å². The Bertz CT molecular complexity index is 439. The van der Waals surface area contributed by atoms with Crippen molar-refractivity contribution in [2.24, 2.45) is 10.4 Å². The standard InChI is InChI=1S/C11H16N2O2/c1-8-6-5-7-9(13(8)15)12-10(14)11(2,3)4/h5-7,15H,1-4H3. The van der Waals surface area contributed by atoms with Crippen molar-refractivity contribution in [3.8, 4) is 0 Å². The number of hydrogen-bond donors (Lipinski definition) is 1. The summed E-state index contributed by atoms with van der Waals surface area (Å²) in [4.78, 5) is 15.5. The first-order chi connectivity index (χ1) is 6.82. The van der Waals surface area contributed by atoms with E-state index in [1.165, 1.54) is 0 Å². The quantitative estimate of drug-likeness (QED) is 0.657. The molecule has 15 heavy (non-hydrogen) atoms. The summed E-state index contributed by atoms with van der Waals surface area (Å²) in [7, 11) is 0. The number of hydrogen-bond acceptors (Lipinski definition) is 2. The van der Waals surface area contributed by atoms with Gasteiger partial charge in [-0.1, -0.05) is 26.8 Å². The van der Waals surface area contributed by atoms with Gasteiger partial charge in [0.1, 0.15) is 0 Å². The molecular formula is C11H16N2O2. The molecule has 0 radical (unpaired) electrons. The molecule has 0 spiro atoms. The third-order valence-electron chi connectivity index (χ3n) is 1.99. The van der Waals surface area contributed by atoms with Crippen LogP contribution in [0.3, 0.4) is 0 Å². The van der Waals surface area contributed by atoms with E-state index in [1.54, 1.807) is 45.9 Å². The molecule has 0 aromatic carbocycles. The molecule has 1 amide bonds. The molecule has 4 heteroatoms. The highest BCUT2D eigenvalue weighted by Gasteiger charge is 2.20. The van der Waals surface area contributed by atoms with E-state index in [0.717, 1.165) is 4.73 Å². The van der Waals surface area contributed by atoms with Crippen LogP contribution in [0.1, 0.15) is 26.5 Å². The molecule has 0 saturated carbocycles. The van der Waals surface area contributed by atoms with Gasteiger partial charge in [-0.2, -0.15) is 9.72 Å². The number of carbonyl (C=O) groups is 1. The van der Waals surface area contributed by atoms with Crippen LogP contribution in [0.15, 0.2) is 23.2 Å². The van der Waals surface area contributed by atoms with Gasteiger partial charge in [0.05, 0.1) is 5.69 Å². The smallest absolute Gasteiger partial charge is 0.253 e. The second-order valence-electron chi connectivity index (χ2n) is 4.50. The van der Waals surface area contributed by atoms with Crippen molar-refractivity contribution in [1.82, 2.24) is 4.73 Å². The maximum Gasteiger partial charge on any atom is 0.253 e. The van der Waals surface area contributed by atoms with E-state index >= 15 is 0 Å². The van der Waals surface area contributed by atoms with E-state index in [9.17, 15) is 10.0 Å². The van der Waals surface area contributed by atoms with Crippen LogP contribution in [0.4, 0.5) is 0 Å². The average molecular weight is 208 g/mol. The van der Waals surface area contributed by atoms with E-state index in [-0.39, 0.29) is 11.4 Å². The van der Waals surface area contributed by atoms with Crippen molar-refractivity contribution >= 4 is 5.91 Å². The van der Waals surface area contributed by atoms with Crippen molar-refractivity contribution < 1.29 is 10.0 Å². The lowest BCUT2D eigenvalue weighted by Crippen LogP contribution is -2.26. The van der Waals surface area contributed by atoms with Gasteiger partial charge in [0, 0.05) is 5.41 Å². The van der Waals surface area contributed by atoms with Gasteiger partial charge in [-0.05, 0) is 19.1 Å². The van der Waals surface area contributed by atoms with E-state index in [1.807, 2.05) is 0 Å². The minimum absolute atomic E-state index is 0.254. The Morgan fingerprint density at radius 1 is 1.40 bits per heavy atom. The molecule has 4 nitrogen and oxygen atoms in total. The van der Waals surface area contributed by atoms with Crippen LogP contribution >= 0.6 is 0 Å². The van der Waals surface area contributed by atoms with Gasteiger partial charge in [-0.15, -0.1) is 0 Å². The highest BCUT2D eigenvalue weighted by atomic mass is 16.5. The third kappa shape index (κ3) is 2.68. The summed E-state index contributed by atoms with van der Waals surface area (Å²) in [5, 5.41) is 9.58. The third-order valence-corrected chi connectivity index (χ3v) is 1.99. The monoisotopic (exact) mass is 208 g/mol. The van der Waals surface area contributed by atoms with E-state index in [4.69, 9.17) is 0 Å². The Morgan fingerprint density at radius 3 is 2.53 bits per heavy atom. The Labute approximate surface area is 88.9 Å². The zero-order valence-corrected chi connectivity index (χ0v) is 9.48. The number of aromatic nitrogens is 1. The van der Waals surface area contributed by atoms with Crippen LogP contribution in [0.2, 0.25) is 0 Å². The molecule has 82 valence electrons. The zero-order chi connectivity index (χ0) is 11.6. The molecule has 1 rings (SSSR count). The van der Waals surface area contributed by atoms with Gasteiger partial charge in [0.15, 0.2) is 5.49 Å². The van der Waals surface area contributed by atoms with Crippen molar-refractivity contribution in [2.75, 3.05) is 0 Å². The first-order valence-electron chi connectivity index (χ1n) is 4.79. The summed E-state index contributed by atoms with van der Waals surface area (Å²) < 4.78 is 0.906. The first-order valence-corrected chi connectivity index (χ1v) is 4.79. The minimum atomic E-state index is -0.531. The van der Waals surface area contributed by atoms with E-state index in [2.05, 4.69) is 4.99 Å². The van der Waals surface area contributed by atoms with Gasteiger partial charge in [-0.25, -0.2) is 0 Å². The normalized spacial score (nSPS) is 12.9. The van der Waals surface area contributed by atoms with Gasteiger partial charge >= 0.3 is 0 Å². The summed E-state index contributed by atoms with van der Waals surface area (Å²) in [5.41, 5.74) is 0.365. The summed E-state index contributed by atoms with van der Waals surface area (Å²) >= 11 is 0. The van der Waals surface area contributed by atoms with Crippen molar-refractivity contribution in [3.63, 3.8) is 0 Å². The predicted molar refractivity (Wildman–Crippen MR) is 56.4 cm³/mol. The topological polar surface area (TPSA) is 54.6 Å². The fourth-order valence-electron chi connectivity index (χ4n) is 0.952. The largest absolute Gasteiger partial charge is 0.427 e. The van der Waals surface area contributed by atoms with Gasteiger partial charge in [0.25, 0.3) is 5.91 Å². The molecule has 0 unspecified atom stereocenters. The van der Waals surface area contributed by atoms with Gasteiger partial charge in [0.2, 0.25) is 0 Å². The summed E-state index contributed by atoms with van der Waals surface area (Å²) in [6.45, 7) is 7.10. The molecule has 1 aromatic heterocycles. The van der Waals surface area contributed by atoms with E-state index in [0.29, 0.717) is 5.69 Å². The summed E-state index contributed by atoms with van der Waals surface area (Å²) in [6, 6.07) is 5.08. The van der Waals surface area contributed by atoms with Crippen LogP contribution < -0.4 is 5.49 Å². The minimum Gasteiger partial charge on any atom is -0.427 e. The molecule has 1 N–H and O–H groups in total. The molecule has 0 fully saturated rings. The SMILES string of the molecule is Cc1cccc(=NC(=O)C(C)(C)C)n1O. The van der Waals surface area contributed by atoms with Crippen molar-refractivity contribution in [1.29, 1.82) is 0 Å². The van der Waals surface area contributed by atoms with Crippen LogP contribution in [-0.4, -0.2) is 15.8 Å². The number of rotatable bonds is 0. The molecule has 0 aliphatic carbocycles. The molecule has 0 aliphatic rings. The molecule has 0 saturated heterocycles. The van der Waals surface area contributed by atoms with Crippen LogP contribution in [-0.2, 0) is 4.79 Å². The number of aryl methyl sites for hydroxylation is 1. The molecular weight excluding hydrogens is 192 g/mol. The molecule has 0 atom stereocenters. The number of amides is 1. The lowest BCUT2D eigenvalue weighted by molar-refractivity contribution is -0.125. The number of pyridine rings is 1. The van der Waals surface area contributed by atoms with Crippen LogP contribution in [0, 0.1) is 12.3 Å². The zero-order valence-electron chi connectivity index (χ0n) is 9.48. The number of carbonyl (C=O) groups excluding carboxylic acids is 1. The Kier molecular flexibility index (Phi) is 2.98. The molecule has 0 aliphatic heterocycles. The number of nitrogens with zero attached hydrogens (tertiary/aromatic N) is 2. The van der Waals surface area contributed by atoms with Crippen LogP contribution in [0.5, 0.6) is 0 Å². The predicted octanol–water partition coefficient (Wildman–Crippen LogP) is 1.51. The Balaban J connectivity index is 3.23.